The lowest BCUT2D eigenvalue weighted by molar-refractivity contribution is 0.119. The predicted octanol–water partition coefficient (Wildman–Crippen LogP) is 2.49. The van der Waals surface area contributed by atoms with Crippen molar-refractivity contribution in [2.45, 2.75) is 32.7 Å². The SMILES string of the molecule is CCC1(CN(C)Cc2ccoc2)CCNCC1. The normalized spacial score (nSPS) is 19.7. The lowest BCUT2D eigenvalue weighted by Crippen LogP contribution is -2.43. The van der Waals surface area contributed by atoms with Crippen LogP contribution in [0.2, 0.25) is 0 Å². The van der Waals surface area contributed by atoms with Crippen molar-refractivity contribution in [1.29, 1.82) is 0 Å². The van der Waals surface area contributed by atoms with Crippen molar-refractivity contribution in [2.75, 3.05) is 26.7 Å². The monoisotopic (exact) mass is 236 g/mol. The van der Waals surface area contributed by atoms with Crippen molar-refractivity contribution in [2.24, 2.45) is 5.41 Å². The summed E-state index contributed by atoms with van der Waals surface area (Å²) in [5, 5.41) is 3.46. The fourth-order valence-corrected chi connectivity index (χ4v) is 2.90. The van der Waals surface area contributed by atoms with Crippen LogP contribution in [0.15, 0.2) is 23.0 Å². The highest BCUT2D eigenvalue weighted by atomic mass is 16.3. The van der Waals surface area contributed by atoms with Crippen molar-refractivity contribution < 1.29 is 4.42 Å². The highest BCUT2D eigenvalue weighted by molar-refractivity contribution is 5.05. The van der Waals surface area contributed by atoms with Gasteiger partial charge in [0.15, 0.2) is 0 Å². The smallest absolute Gasteiger partial charge is 0.0947 e. The average Bonchev–Trinajstić information content (AvgIpc) is 2.83. The number of rotatable bonds is 5. The second kappa shape index (κ2) is 5.69. The van der Waals surface area contributed by atoms with Crippen LogP contribution >= 0.6 is 0 Å². The fourth-order valence-electron chi connectivity index (χ4n) is 2.90. The van der Waals surface area contributed by atoms with Gasteiger partial charge in [-0.05, 0) is 50.9 Å². The largest absolute Gasteiger partial charge is 0.472 e. The average molecular weight is 236 g/mol. The maximum atomic E-state index is 5.12. The molecule has 1 aliphatic rings. The molecule has 17 heavy (non-hydrogen) atoms. The van der Waals surface area contributed by atoms with E-state index in [4.69, 9.17) is 4.42 Å². The quantitative estimate of drug-likeness (QED) is 0.851. The highest BCUT2D eigenvalue weighted by Gasteiger charge is 2.31. The molecular formula is C14H24N2O. The third-order valence-corrected chi connectivity index (χ3v) is 4.05. The van der Waals surface area contributed by atoms with Crippen LogP contribution < -0.4 is 5.32 Å². The Labute approximate surface area is 104 Å². The first-order chi connectivity index (χ1) is 8.24. The van der Waals surface area contributed by atoms with E-state index in [0.29, 0.717) is 5.41 Å². The molecule has 0 spiro atoms. The minimum absolute atomic E-state index is 0.518. The highest BCUT2D eigenvalue weighted by Crippen LogP contribution is 2.33. The standard InChI is InChI=1S/C14H24N2O/c1-3-14(5-7-15-8-6-14)12-16(2)10-13-4-9-17-11-13/h4,9,11,15H,3,5-8,10,12H2,1-2H3. The Morgan fingerprint density at radius 2 is 2.18 bits per heavy atom. The molecule has 3 nitrogen and oxygen atoms in total. The van der Waals surface area contributed by atoms with Crippen LogP contribution in [0.25, 0.3) is 0 Å². The molecule has 1 N–H and O–H groups in total. The third kappa shape index (κ3) is 3.33. The van der Waals surface area contributed by atoms with Crippen LogP contribution in [0.3, 0.4) is 0 Å². The number of furan rings is 1. The molecule has 0 atom stereocenters. The van der Waals surface area contributed by atoms with Crippen molar-refractivity contribution in [3.8, 4) is 0 Å². The second-order valence-corrected chi connectivity index (χ2v) is 5.41. The van der Waals surface area contributed by atoms with Crippen LogP contribution in [-0.2, 0) is 6.54 Å². The van der Waals surface area contributed by atoms with Gasteiger partial charge < -0.3 is 14.6 Å². The van der Waals surface area contributed by atoms with Gasteiger partial charge in [-0.1, -0.05) is 6.92 Å². The molecule has 0 aliphatic carbocycles. The van der Waals surface area contributed by atoms with E-state index in [2.05, 4.69) is 30.3 Å². The molecule has 0 saturated carbocycles. The van der Waals surface area contributed by atoms with Crippen molar-refractivity contribution in [3.63, 3.8) is 0 Å². The molecule has 2 heterocycles. The van der Waals surface area contributed by atoms with E-state index >= 15 is 0 Å². The van der Waals surface area contributed by atoms with Crippen LogP contribution in [-0.4, -0.2) is 31.6 Å². The first-order valence-corrected chi connectivity index (χ1v) is 6.64. The summed E-state index contributed by atoms with van der Waals surface area (Å²) in [4.78, 5) is 2.43. The van der Waals surface area contributed by atoms with Gasteiger partial charge in [-0.15, -0.1) is 0 Å². The maximum Gasteiger partial charge on any atom is 0.0947 e. The summed E-state index contributed by atoms with van der Waals surface area (Å²) in [6.07, 6.45) is 7.49. The Kier molecular flexibility index (Phi) is 4.24. The molecule has 0 bridgehead atoms. The van der Waals surface area contributed by atoms with Crippen LogP contribution in [0.1, 0.15) is 31.7 Å². The maximum absolute atomic E-state index is 5.12. The Hall–Kier alpha value is -0.800. The summed E-state index contributed by atoms with van der Waals surface area (Å²) in [5.41, 5.74) is 1.79. The molecule has 1 aromatic heterocycles. The summed E-state index contributed by atoms with van der Waals surface area (Å²) in [7, 11) is 2.21. The lowest BCUT2D eigenvalue weighted by Gasteiger charge is -2.39. The van der Waals surface area contributed by atoms with Crippen molar-refractivity contribution >= 4 is 0 Å². The van der Waals surface area contributed by atoms with E-state index in [-0.39, 0.29) is 0 Å². The summed E-state index contributed by atoms with van der Waals surface area (Å²) >= 11 is 0. The molecular weight excluding hydrogens is 212 g/mol. The third-order valence-electron chi connectivity index (χ3n) is 4.05. The number of nitrogens with one attached hydrogen (secondary N) is 1. The van der Waals surface area contributed by atoms with E-state index < -0.39 is 0 Å². The number of hydrogen-bond donors (Lipinski definition) is 1. The van der Waals surface area contributed by atoms with Gasteiger partial charge in [0.05, 0.1) is 12.5 Å². The summed E-state index contributed by atoms with van der Waals surface area (Å²) in [5.74, 6) is 0. The summed E-state index contributed by atoms with van der Waals surface area (Å²) in [6, 6.07) is 2.05. The topological polar surface area (TPSA) is 28.4 Å². The first kappa shape index (κ1) is 12.7. The molecule has 0 aromatic carbocycles. The number of hydrogen-bond acceptors (Lipinski definition) is 3. The molecule has 96 valence electrons. The molecule has 1 saturated heterocycles. The first-order valence-electron chi connectivity index (χ1n) is 6.64. The van der Waals surface area contributed by atoms with Crippen LogP contribution in [0, 0.1) is 5.41 Å². The van der Waals surface area contributed by atoms with Crippen LogP contribution in [0.5, 0.6) is 0 Å². The molecule has 3 heteroatoms. The summed E-state index contributed by atoms with van der Waals surface area (Å²) in [6.45, 7) is 6.86. The van der Waals surface area contributed by atoms with E-state index in [1.54, 1.807) is 6.26 Å². The molecule has 1 aliphatic heterocycles. The second-order valence-electron chi connectivity index (χ2n) is 5.41. The van der Waals surface area contributed by atoms with Gasteiger partial charge in [0.1, 0.15) is 0 Å². The van der Waals surface area contributed by atoms with Crippen molar-refractivity contribution in [1.82, 2.24) is 10.2 Å². The lowest BCUT2D eigenvalue weighted by atomic mass is 9.76. The predicted molar refractivity (Wildman–Crippen MR) is 69.9 cm³/mol. The van der Waals surface area contributed by atoms with Gasteiger partial charge in [-0.3, -0.25) is 0 Å². The Morgan fingerprint density at radius 3 is 2.76 bits per heavy atom. The van der Waals surface area contributed by atoms with E-state index in [1.807, 2.05) is 6.26 Å². The molecule has 2 rings (SSSR count). The summed E-state index contributed by atoms with van der Waals surface area (Å²) < 4.78 is 5.12. The molecule has 0 radical (unpaired) electrons. The van der Waals surface area contributed by atoms with Gasteiger partial charge in [0.25, 0.3) is 0 Å². The van der Waals surface area contributed by atoms with E-state index in [1.165, 1.54) is 44.5 Å². The Bertz CT molecular complexity index is 315. The zero-order chi connectivity index (χ0) is 12.1. The van der Waals surface area contributed by atoms with E-state index in [0.717, 1.165) is 6.54 Å². The van der Waals surface area contributed by atoms with Crippen molar-refractivity contribution in [3.05, 3.63) is 24.2 Å². The zero-order valence-electron chi connectivity index (χ0n) is 11.0. The fraction of sp³-hybridized carbons (Fsp3) is 0.714. The Balaban J connectivity index is 1.89. The van der Waals surface area contributed by atoms with Gasteiger partial charge in [0.2, 0.25) is 0 Å². The minimum Gasteiger partial charge on any atom is -0.472 e. The van der Waals surface area contributed by atoms with Gasteiger partial charge in [-0.2, -0.15) is 0 Å². The number of nitrogens with zero attached hydrogens (tertiary/aromatic N) is 1. The zero-order valence-corrected chi connectivity index (χ0v) is 11.0. The van der Waals surface area contributed by atoms with Crippen LogP contribution in [0.4, 0.5) is 0 Å². The van der Waals surface area contributed by atoms with Gasteiger partial charge >= 0.3 is 0 Å². The van der Waals surface area contributed by atoms with E-state index in [9.17, 15) is 0 Å². The Morgan fingerprint density at radius 1 is 1.41 bits per heavy atom. The van der Waals surface area contributed by atoms with Gasteiger partial charge in [0, 0.05) is 18.7 Å². The number of piperidine rings is 1. The molecule has 0 amide bonds. The molecule has 1 aromatic rings. The molecule has 1 fully saturated rings. The van der Waals surface area contributed by atoms with Gasteiger partial charge in [-0.25, -0.2) is 0 Å². The minimum atomic E-state index is 0.518. The molecule has 0 unspecified atom stereocenters.